The first-order valence-electron chi connectivity index (χ1n) is 18.0. The Kier molecular flexibility index (Phi) is 33.5. The third kappa shape index (κ3) is 31.9. The van der Waals surface area contributed by atoms with Gasteiger partial charge in [-0.05, 0) is 12.3 Å². The molecule has 0 nitrogen and oxygen atoms in total. The summed E-state index contributed by atoms with van der Waals surface area (Å²) in [6, 6.07) is 0. The first-order chi connectivity index (χ1) is 18.3. The molecule has 0 aromatic rings. The third-order valence-corrected chi connectivity index (χ3v) is 8.68. The van der Waals surface area contributed by atoms with Gasteiger partial charge in [0.05, 0.1) is 0 Å². The first kappa shape index (κ1) is 36.7. The van der Waals surface area contributed by atoms with Gasteiger partial charge in [0, 0.05) is 0 Å². The minimum Gasteiger partial charge on any atom is -0.103 e. The van der Waals surface area contributed by atoms with E-state index in [4.69, 9.17) is 0 Å². The highest BCUT2D eigenvalue weighted by atomic mass is 14.1. The van der Waals surface area contributed by atoms with E-state index in [1.54, 1.807) is 0 Å². The molecule has 0 spiro atoms. The van der Waals surface area contributed by atoms with Gasteiger partial charge >= 0.3 is 0 Å². The summed E-state index contributed by atoms with van der Waals surface area (Å²) >= 11 is 0. The van der Waals surface area contributed by atoms with Gasteiger partial charge in [0.25, 0.3) is 0 Å². The average Bonchev–Trinajstić information content (AvgIpc) is 2.91. The molecule has 37 heavy (non-hydrogen) atoms. The van der Waals surface area contributed by atoms with Crippen LogP contribution in [0, 0.1) is 5.92 Å². The lowest BCUT2D eigenvalue weighted by atomic mass is 9.91. The van der Waals surface area contributed by atoms with Crippen LogP contribution in [-0.4, -0.2) is 0 Å². The second kappa shape index (κ2) is 33.8. The summed E-state index contributed by atoms with van der Waals surface area (Å²) in [6.07, 6.45) is 48.8. The molecule has 0 heteroatoms. The van der Waals surface area contributed by atoms with E-state index in [0.717, 1.165) is 5.92 Å². The lowest BCUT2D eigenvalue weighted by molar-refractivity contribution is 0.405. The fourth-order valence-electron chi connectivity index (χ4n) is 6.05. The van der Waals surface area contributed by atoms with Crippen LogP contribution in [-0.2, 0) is 0 Å². The van der Waals surface area contributed by atoms with E-state index in [0.29, 0.717) is 0 Å². The number of unbranched alkanes of at least 4 members (excludes halogenated alkanes) is 27. The van der Waals surface area contributed by atoms with Crippen molar-refractivity contribution in [2.45, 2.75) is 219 Å². The van der Waals surface area contributed by atoms with E-state index in [-0.39, 0.29) is 0 Å². The Morgan fingerprint density at radius 2 is 0.568 bits per heavy atom. The zero-order valence-corrected chi connectivity index (χ0v) is 26.5. The summed E-state index contributed by atoms with van der Waals surface area (Å²) in [5.74, 6) is 0.914. The van der Waals surface area contributed by atoms with Crippen LogP contribution < -0.4 is 0 Å². The lowest BCUT2D eigenvalue weighted by Crippen LogP contribution is -1.99. The van der Waals surface area contributed by atoms with E-state index < -0.39 is 0 Å². The molecular weight excluding hydrogens is 444 g/mol. The summed E-state index contributed by atoms with van der Waals surface area (Å²) in [6.45, 7) is 8.65. The number of rotatable bonds is 33. The number of hydrogen-bond acceptors (Lipinski definition) is 0. The summed E-state index contributed by atoms with van der Waals surface area (Å²) in [7, 11) is 0. The predicted molar refractivity (Wildman–Crippen MR) is 173 cm³/mol. The molecule has 222 valence electrons. The average molecular weight is 519 g/mol. The molecule has 0 aliphatic heterocycles. The lowest BCUT2D eigenvalue weighted by Gasteiger charge is -2.15. The fourth-order valence-corrected chi connectivity index (χ4v) is 6.05. The highest BCUT2D eigenvalue weighted by Gasteiger charge is 2.07. The van der Waals surface area contributed by atoms with E-state index >= 15 is 0 Å². The maximum Gasteiger partial charge on any atom is -0.0325 e. The molecule has 0 aromatic heterocycles. The van der Waals surface area contributed by atoms with E-state index in [9.17, 15) is 0 Å². The second-order valence-corrected chi connectivity index (χ2v) is 12.5. The molecule has 0 fully saturated rings. The quantitative estimate of drug-likeness (QED) is 0.0598. The van der Waals surface area contributed by atoms with Crippen LogP contribution in [0.2, 0.25) is 0 Å². The summed E-state index contributed by atoms with van der Waals surface area (Å²) < 4.78 is 0. The third-order valence-electron chi connectivity index (χ3n) is 8.68. The van der Waals surface area contributed by atoms with E-state index in [2.05, 4.69) is 26.5 Å². The van der Waals surface area contributed by atoms with Gasteiger partial charge in [0.15, 0.2) is 0 Å². The van der Waals surface area contributed by atoms with Gasteiger partial charge < -0.3 is 0 Å². The van der Waals surface area contributed by atoms with Crippen molar-refractivity contribution in [1.82, 2.24) is 0 Å². The van der Waals surface area contributed by atoms with Crippen molar-refractivity contribution >= 4 is 0 Å². The van der Waals surface area contributed by atoms with Crippen LogP contribution in [0.15, 0.2) is 12.7 Å². The van der Waals surface area contributed by atoms with Crippen LogP contribution in [0.5, 0.6) is 0 Å². The maximum absolute atomic E-state index is 4.04. The Morgan fingerprint density at radius 1 is 0.351 bits per heavy atom. The SMILES string of the molecule is C=CCC(CCCCCCCCCCCCCCCC)CCCCCCCCCCCCCCCCC. The molecule has 1 unspecified atom stereocenters. The van der Waals surface area contributed by atoms with Crippen LogP contribution in [0.25, 0.3) is 0 Å². The van der Waals surface area contributed by atoms with Crippen molar-refractivity contribution in [2.24, 2.45) is 5.92 Å². The van der Waals surface area contributed by atoms with Gasteiger partial charge in [-0.2, -0.15) is 0 Å². The van der Waals surface area contributed by atoms with Gasteiger partial charge in [0.1, 0.15) is 0 Å². The summed E-state index contributed by atoms with van der Waals surface area (Å²) in [5, 5.41) is 0. The molecule has 0 saturated heterocycles. The molecule has 0 heterocycles. The molecular formula is C37H74. The summed E-state index contributed by atoms with van der Waals surface area (Å²) in [4.78, 5) is 0. The molecule has 1 atom stereocenters. The second-order valence-electron chi connectivity index (χ2n) is 12.5. The van der Waals surface area contributed by atoms with Crippen molar-refractivity contribution in [3.63, 3.8) is 0 Å². The Bertz CT molecular complexity index is 397. The van der Waals surface area contributed by atoms with Gasteiger partial charge in [-0.3, -0.25) is 0 Å². The smallest absolute Gasteiger partial charge is 0.0325 e. The highest BCUT2D eigenvalue weighted by Crippen LogP contribution is 2.23. The molecule has 0 amide bonds. The van der Waals surface area contributed by atoms with Crippen molar-refractivity contribution in [3.05, 3.63) is 12.7 Å². The number of allylic oxidation sites excluding steroid dienone is 1. The molecule has 0 saturated carbocycles. The Balaban J connectivity index is 3.37. The minimum atomic E-state index is 0.914. The molecule has 0 bridgehead atoms. The largest absolute Gasteiger partial charge is 0.103 e. The predicted octanol–water partition coefficient (Wildman–Crippen LogP) is 14.3. The first-order valence-corrected chi connectivity index (χ1v) is 18.0. The molecule has 0 aliphatic carbocycles. The summed E-state index contributed by atoms with van der Waals surface area (Å²) in [5.41, 5.74) is 0. The van der Waals surface area contributed by atoms with Gasteiger partial charge in [-0.15, -0.1) is 6.58 Å². The van der Waals surface area contributed by atoms with Crippen molar-refractivity contribution < 1.29 is 0 Å². The van der Waals surface area contributed by atoms with Crippen LogP contribution in [0.1, 0.15) is 219 Å². The Hall–Kier alpha value is -0.260. The van der Waals surface area contributed by atoms with Crippen LogP contribution in [0.4, 0.5) is 0 Å². The van der Waals surface area contributed by atoms with Crippen molar-refractivity contribution in [1.29, 1.82) is 0 Å². The Morgan fingerprint density at radius 3 is 0.784 bits per heavy atom. The Labute approximate surface area is 237 Å². The fraction of sp³-hybridized carbons (Fsp3) is 0.946. The van der Waals surface area contributed by atoms with Gasteiger partial charge in [0.2, 0.25) is 0 Å². The molecule has 0 aromatic carbocycles. The topological polar surface area (TPSA) is 0 Å². The minimum absolute atomic E-state index is 0.914. The molecule has 0 radical (unpaired) electrons. The zero-order valence-electron chi connectivity index (χ0n) is 26.5. The molecule has 0 N–H and O–H groups in total. The van der Waals surface area contributed by atoms with Gasteiger partial charge in [-0.25, -0.2) is 0 Å². The zero-order chi connectivity index (χ0) is 26.9. The maximum atomic E-state index is 4.04. The molecule has 0 rings (SSSR count). The van der Waals surface area contributed by atoms with Crippen molar-refractivity contribution in [2.75, 3.05) is 0 Å². The van der Waals surface area contributed by atoms with Crippen molar-refractivity contribution in [3.8, 4) is 0 Å². The van der Waals surface area contributed by atoms with E-state index in [1.807, 2.05) is 0 Å². The van der Waals surface area contributed by atoms with Crippen LogP contribution in [0.3, 0.4) is 0 Å². The highest BCUT2D eigenvalue weighted by molar-refractivity contribution is 4.73. The van der Waals surface area contributed by atoms with Gasteiger partial charge in [-0.1, -0.05) is 219 Å². The standard InChI is InChI=1S/C37H74/c1-4-7-9-11-13-15-17-19-21-23-25-27-29-31-33-36-37(34-6-3)35-32-30-28-26-24-22-20-18-16-14-12-10-8-5-2/h6,37H,3-5,7-36H2,1-2H3. The monoisotopic (exact) mass is 519 g/mol. The van der Waals surface area contributed by atoms with Crippen LogP contribution >= 0.6 is 0 Å². The van der Waals surface area contributed by atoms with E-state index in [1.165, 1.54) is 205 Å². The molecule has 0 aliphatic rings. The normalized spacial score (nSPS) is 12.3. The number of hydrogen-bond donors (Lipinski definition) is 0.